The number of nitrogens with one attached hydrogen (secondary N) is 1. The molecule has 1 unspecified atom stereocenters. The van der Waals surface area contributed by atoms with E-state index in [1.165, 1.54) is 12.1 Å². The number of para-hydroxylation sites is 2. The number of nitriles is 1. The number of non-ortho nitro benzene ring substituents is 1. The van der Waals surface area contributed by atoms with Crippen molar-refractivity contribution >= 4 is 28.5 Å². The van der Waals surface area contributed by atoms with Crippen LogP contribution < -0.4 is 11.1 Å². The Morgan fingerprint density at radius 1 is 1.28 bits per heavy atom. The van der Waals surface area contributed by atoms with E-state index in [0.29, 0.717) is 11.5 Å². The third kappa shape index (κ3) is 2.18. The maximum Gasteiger partial charge on any atom is 0.269 e. The summed E-state index contributed by atoms with van der Waals surface area (Å²) in [5, 5.41) is 23.8. The van der Waals surface area contributed by atoms with Gasteiger partial charge in [-0.3, -0.25) is 14.7 Å². The molecule has 1 aliphatic rings. The number of hydrogen-bond acceptors (Lipinski definition) is 6. The third-order valence-electron chi connectivity index (χ3n) is 4.17. The van der Waals surface area contributed by atoms with Crippen molar-refractivity contribution in [3.8, 4) is 6.07 Å². The topological polar surface area (TPSA) is 123 Å². The van der Waals surface area contributed by atoms with Gasteiger partial charge < -0.3 is 11.1 Å². The van der Waals surface area contributed by atoms with E-state index in [1.807, 2.05) is 24.3 Å². The van der Waals surface area contributed by atoms with Crippen LogP contribution in [0.1, 0.15) is 11.6 Å². The molecule has 1 aromatic heterocycles. The summed E-state index contributed by atoms with van der Waals surface area (Å²) in [7, 11) is 0. The lowest BCUT2D eigenvalue weighted by molar-refractivity contribution is -0.384. The van der Waals surface area contributed by atoms with E-state index in [-0.39, 0.29) is 17.1 Å². The van der Waals surface area contributed by atoms with Crippen LogP contribution in [0.4, 0.5) is 11.6 Å². The van der Waals surface area contributed by atoms with Gasteiger partial charge >= 0.3 is 0 Å². The molecule has 0 amide bonds. The molecule has 25 heavy (non-hydrogen) atoms. The van der Waals surface area contributed by atoms with Crippen molar-refractivity contribution in [2.24, 2.45) is 5.73 Å². The molecule has 1 atom stereocenters. The van der Waals surface area contributed by atoms with Crippen molar-refractivity contribution in [1.29, 1.82) is 5.26 Å². The van der Waals surface area contributed by atoms with Crippen LogP contribution in [0, 0.1) is 21.4 Å². The van der Waals surface area contributed by atoms with Crippen molar-refractivity contribution < 1.29 is 4.92 Å². The average molecular weight is 332 g/mol. The van der Waals surface area contributed by atoms with Gasteiger partial charge in [0.1, 0.15) is 11.9 Å². The van der Waals surface area contributed by atoms with Gasteiger partial charge in [0.2, 0.25) is 5.95 Å². The second kappa shape index (κ2) is 5.35. The highest BCUT2D eigenvalue weighted by atomic mass is 16.6. The van der Waals surface area contributed by atoms with Gasteiger partial charge in [-0.25, -0.2) is 4.98 Å². The van der Waals surface area contributed by atoms with E-state index >= 15 is 0 Å². The van der Waals surface area contributed by atoms with Crippen LogP contribution in [0.15, 0.2) is 54.1 Å². The number of nitro benzene ring substituents is 1. The minimum atomic E-state index is -0.603. The first-order valence-corrected chi connectivity index (χ1v) is 7.48. The minimum Gasteiger partial charge on any atom is -0.384 e. The molecule has 1 aliphatic heterocycles. The lowest BCUT2D eigenvalue weighted by Gasteiger charge is -2.26. The summed E-state index contributed by atoms with van der Waals surface area (Å²) in [6.45, 7) is 0. The number of anilines is 1. The predicted octanol–water partition coefficient (Wildman–Crippen LogP) is 2.76. The number of nitrogens with two attached hydrogens (primary N) is 1. The fourth-order valence-electron chi connectivity index (χ4n) is 3.03. The normalized spacial score (nSPS) is 16.2. The molecule has 2 heterocycles. The molecule has 8 nitrogen and oxygen atoms in total. The molecule has 3 aromatic rings. The van der Waals surface area contributed by atoms with Crippen molar-refractivity contribution in [2.45, 2.75) is 6.04 Å². The van der Waals surface area contributed by atoms with Gasteiger partial charge in [0.05, 0.1) is 27.6 Å². The SMILES string of the molecule is N#CC1=C(N)n2c(nc3ccccc32)NC1c1cccc([N+](=O)[O-])c1. The highest BCUT2D eigenvalue weighted by molar-refractivity contribution is 5.85. The summed E-state index contributed by atoms with van der Waals surface area (Å²) in [4.78, 5) is 15.1. The van der Waals surface area contributed by atoms with Gasteiger partial charge in [-0.2, -0.15) is 5.26 Å². The zero-order valence-corrected chi connectivity index (χ0v) is 12.9. The number of benzene rings is 2. The Kier molecular flexibility index (Phi) is 3.15. The van der Waals surface area contributed by atoms with E-state index in [1.54, 1.807) is 16.7 Å². The summed E-state index contributed by atoms with van der Waals surface area (Å²) < 4.78 is 1.68. The summed E-state index contributed by atoms with van der Waals surface area (Å²) in [5.41, 5.74) is 8.59. The maximum atomic E-state index is 11.0. The molecular weight excluding hydrogens is 320 g/mol. The van der Waals surface area contributed by atoms with Crippen molar-refractivity contribution in [1.82, 2.24) is 9.55 Å². The molecule has 0 spiro atoms. The number of fused-ring (bicyclic) bond motifs is 3. The zero-order chi connectivity index (χ0) is 17.6. The van der Waals surface area contributed by atoms with Crippen LogP contribution in [0.2, 0.25) is 0 Å². The van der Waals surface area contributed by atoms with Gasteiger partial charge in [0, 0.05) is 12.1 Å². The van der Waals surface area contributed by atoms with Crippen LogP contribution >= 0.6 is 0 Å². The fourth-order valence-corrected chi connectivity index (χ4v) is 3.03. The summed E-state index contributed by atoms with van der Waals surface area (Å²) in [6.07, 6.45) is 0. The Morgan fingerprint density at radius 2 is 2.08 bits per heavy atom. The highest BCUT2D eigenvalue weighted by Crippen LogP contribution is 2.36. The molecular formula is C17H12N6O2. The van der Waals surface area contributed by atoms with Crippen LogP contribution in [0.25, 0.3) is 16.9 Å². The Bertz CT molecular complexity index is 1090. The first kappa shape index (κ1) is 14.7. The van der Waals surface area contributed by atoms with Crippen molar-refractivity contribution in [3.05, 3.63) is 69.8 Å². The smallest absolute Gasteiger partial charge is 0.269 e. The number of aromatic nitrogens is 2. The van der Waals surface area contributed by atoms with E-state index < -0.39 is 11.0 Å². The maximum absolute atomic E-state index is 11.0. The molecule has 0 aliphatic carbocycles. The van der Waals surface area contributed by atoms with Crippen LogP contribution in [0.5, 0.6) is 0 Å². The van der Waals surface area contributed by atoms with E-state index in [9.17, 15) is 15.4 Å². The largest absolute Gasteiger partial charge is 0.384 e. The molecule has 0 saturated carbocycles. The Balaban J connectivity index is 1.90. The highest BCUT2D eigenvalue weighted by Gasteiger charge is 2.30. The molecule has 0 radical (unpaired) electrons. The van der Waals surface area contributed by atoms with Crippen LogP contribution in [-0.4, -0.2) is 14.5 Å². The fraction of sp³-hybridized carbons (Fsp3) is 0.0588. The van der Waals surface area contributed by atoms with Crippen LogP contribution in [-0.2, 0) is 0 Å². The predicted molar refractivity (Wildman–Crippen MR) is 92.2 cm³/mol. The van der Waals surface area contributed by atoms with E-state index in [2.05, 4.69) is 16.4 Å². The quantitative estimate of drug-likeness (QED) is 0.549. The number of nitro groups is 1. The molecule has 0 bridgehead atoms. The molecule has 3 N–H and O–H groups in total. The first-order valence-electron chi connectivity index (χ1n) is 7.48. The Morgan fingerprint density at radius 3 is 2.84 bits per heavy atom. The first-order chi connectivity index (χ1) is 12.1. The van der Waals surface area contributed by atoms with Gasteiger partial charge in [0.15, 0.2) is 0 Å². The van der Waals surface area contributed by atoms with Gasteiger partial charge in [-0.05, 0) is 17.7 Å². The molecule has 2 aromatic carbocycles. The van der Waals surface area contributed by atoms with E-state index in [4.69, 9.17) is 5.73 Å². The molecule has 8 heteroatoms. The lowest BCUT2D eigenvalue weighted by Crippen LogP contribution is -2.26. The molecule has 4 rings (SSSR count). The molecule has 0 saturated heterocycles. The second-order valence-electron chi connectivity index (χ2n) is 5.60. The monoisotopic (exact) mass is 332 g/mol. The van der Waals surface area contributed by atoms with Gasteiger partial charge in [-0.1, -0.05) is 24.3 Å². The number of nitrogens with zero attached hydrogens (tertiary/aromatic N) is 4. The Hall–Kier alpha value is -3.86. The standard InChI is InChI=1S/C17H12N6O2/c18-9-12-15(10-4-3-5-11(8-10)23(24)25)21-17-20-13-6-1-2-7-14(13)22(17)16(12)19/h1-8,15H,19H2,(H,20,21). The van der Waals surface area contributed by atoms with Crippen LogP contribution in [0.3, 0.4) is 0 Å². The number of hydrogen-bond donors (Lipinski definition) is 2. The minimum absolute atomic E-state index is 0.0470. The summed E-state index contributed by atoms with van der Waals surface area (Å²) in [6, 6.07) is 15.1. The van der Waals surface area contributed by atoms with E-state index in [0.717, 1.165) is 11.0 Å². The van der Waals surface area contributed by atoms with Gasteiger partial charge in [-0.15, -0.1) is 0 Å². The summed E-state index contributed by atoms with van der Waals surface area (Å²) >= 11 is 0. The lowest BCUT2D eigenvalue weighted by atomic mass is 9.97. The van der Waals surface area contributed by atoms with Crippen molar-refractivity contribution in [3.63, 3.8) is 0 Å². The van der Waals surface area contributed by atoms with Crippen molar-refractivity contribution in [2.75, 3.05) is 5.32 Å². The average Bonchev–Trinajstić information content (AvgIpc) is 3.00. The Labute approximate surface area is 142 Å². The summed E-state index contributed by atoms with van der Waals surface area (Å²) in [5.74, 6) is 0.760. The molecule has 122 valence electrons. The van der Waals surface area contributed by atoms with Gasteiger partial charge in [0.25, 0.3) is 5.69 Å². The number of rotatable bonds is 2. The number of imidazole rings is 1. The molecule has 0 fully saturated rings. The second-order valence-corrected chi connectivity index (χ2v) is 5.60. The third-order valence-corrected chi connectivity index (χ3v) is 4.17. The zero-order valence-electron chi connectivity index (χ0n) is 12.9.